The summed E-state index contributed by atoms with van der Waals surface area (Å²) in [7, 11) is 0. The van der Waals surface area contributed by atoms with Gasteiger partial charge in [-0.15, -0.1) is 0 Å². The van der Waals surface area contributed by atoms with E-state index >= 15 is 0 Å². The van der Waals surface area contributed by atoms with Gasteiger partial charge in [0.1, 0.15) is 17.5 Å². The molecule has 0 fully saturated rings. The fraction of sp³-hybridized carbons (Fsp3) is 0.0952. The van der Waals surface area contributed by atoms with Crippen molar-refractivity contribution >= 4 is 28.9 Å². The molecule has 132 valence electrons. The van der Waals surface area contributed by atoms with Crippen LogP contribution in [0.5, 0.6) is 11.5 Å². The minimum atomic E-state index is -0.408. The van der Waals surface area contributed by atoms with Gasteiger partial charge in [0, 0.05) is 16.4 Å². The number of carbonyl (C=O) groups is 1. The Bertz CT molecular complexity index is 867. The van der Waals surface area contributed by atoms with Gasteiger partial charge in [-0.1, -0.05) is 35.9 Å². The second-order valence-electron chi connectivity index (χ2n) is 5.81. The first-order chi connectivity index (χ1) is 12.6. The minimum Gasteiger partial charge on any atom is -0.457 e. The topological polar surface area (TPSA) is 50.4 Å². The number of carbonyl (C=O) groups excluding carboxylic acids is 1. The largest absolute Gasteiger partial charge is 0.457 e. The average Bonchev–Trinajstić information content (AvgIpc) is 2.64. The second-order valence-corrected chi connectivity index (χ2v) is 6.24. The van der Waals surface area contributed by atoms with Crippen molar-refractivity contribution < 1.29 is 9.53 Å². The zero-order valence-electron chi connectivity index (χ0n) is 14.3. The van der Waals surface area contributed by atoms with Crippen LogP contribution in [0.25, 0.3) is 0 Å². The quantitative estimate of drug-likeness (QED) is 0.599. The fourth-order valence-corrected chi connectivity index (χ4v) is 2.57. The molecule has 4 nitrogen and oxygen atoms in total. The van der Waals surface area contributed by atoms with E-state index in [4.69, 9.17) is 16.3 Å². The molecule has 0 saturated heterocycles. The van der Waals surface area contributed by atoms with Crippen molar-refractivity contribution in [2.45, 2.75) is 13.0 Å². The van der Waals surface area contributed by atoms with Gasteiger partial charge in [0.15, 0.2) is 0 Å². The Morgan fingerprint density at radius 3 is 2.27 bits per heavy atom. The number of hydrogen-bond acceptors (Lipinski definition) is 3. The summed E-state index contributed by atoms with van der Waals surface area (Å²) in [4.78, 5) is 12.3. The van der Waals surface area contributed by atoms with Crippen LogP contribution in [0.4, 0.5) is 11.4 Å². The Labute approximate surface area is 157 Å². The third-order valence-corrected chi connectivity index (χ3v) is 3.94. The predicted molar refractivity (Wildman–Crippen MR) is 106 cm³/mol. The third-order valence-electron chi connectivity index (χ3n) is 3.70. The molecular formula is C21H19ClN2O2. The molecule has 0 aliphatic heterocycles. The van der Waals surface area contributed by atoms with Gasteiger partial charge < -0.3 is 15.4 Å². The molecule has 0 bridgehead atoms. The van der Waals surface area contributed by atoms with Gasteiger partial charge in [-0.25, -0.2) is 0 Å². The lowest BCUT2D eigenvalue weighted by atomic mass is 10.2. The van der Waals surface area contributed by atoms with Crippen LogP contribution in [0.1, 0.15) is 6.92 Å². The standard InChI is InChI=1S/C21H19ClN2O2/c1-15(21(25)24-18-7-5-6-16(22)14-18)23-17-10-12-20(13-11-17)26-19-8-3-2-4-9-19/h2-15,23H,1H3,(H,24,25)/t15-/m0/s1. The Morgan fingerprint density at radius 2 is 1.58 bits per heavy atom. The summed E-state index contributed by atoms with van der Waals surface area (Å²) in [5.74, 6) is 1.37. The summed E-state index contributed by atoms with van der Waals surface area (Å²) in [6, 6.07) is 23.7. The number of hydrogen-bond donors (Lipinski definition) is 2. The number of nitrogens with one attached hydrogen (secondary N) is 2. The second kappa shape index (κ2) is 8.41. The van der Waals surface area contributed by atoms with E-state index in [1.165, 1.54) is 0 Å². The molecule has 3 rings (SSSR count). The highest BCUT2D eigenvalue weighted by Gasteiger charge is 2.13. The van der Waals surface area contributed by atoms with Crippen LogP contribution >= 0.6 is 11.6 Å². The molecular weight excluding hydrogens is 348 g/mol. The molecule has 1 atom stereocenters. The number of rotatable bonds is 6. The number of amides is 1. The van der Waals surface area contributed by atoms with Gasteiger partial charge in [0.2, 0.25) is 5.91 Å². The number of benzene rings is 3. The maximum absolute atomic E-state index is 12.3. The van der Waals surface area contributed by atoms with Gasteiger partial charge >= 0.3 is 0 Å². The van der Waals surface area contributed by atoms with Crippen LogP contribution in [-0.2, 0) is 4.79 Å². The van der Waals surface area contributed by atoms with Crippen molar-refractivity contribution in [3.05, 3.63) is 83.9 Å². The molecule has 0 aliphatic carbocycles. The predicted octanol–water partition coefficient (Wildman–Crippen LogP) is 5.57. The Morgan fingerprint density at radius 1 is 0.885 bits per heavy atom. The summed E-state index contributed by atoms with van der Waals surface area (Å²) < 4.78 is 5.76. The minimum absolute atomic E-state index is 0.142. The normalized spacial score (nSPS) is 11.5. The summed E-state index contributed by atoms with van der Waals surface area (Å²) in [6.45, 7) is 1.80. The van der Waals surface area contributed by atoms with Gasteiger partial charge in [0.25, 0.3) is 0 Å². The van der Waals surface area contributed by atoms with Gasteiger partial charge in [-0.05, 0) is 61.5 Å². The molecule has 2 N–H and O–H groups in total. The average molecular weight is 367 g/mol. The van der Waals surface area contributed by atoms with E-state index in [1.54, 1.807) is 31.2 Å². The van der Waals surface area contributed by atoms with E-state index in [2.05, 4.69) is 10.6 Å². The van der Waals surface area contributed by atoms with Crippen LogP contribution in [0.15, 0.2) is 78.9 Å². The fourth-order valence-electron chi connectivity index (χ4n) is 2.38. The summed E-state index contributed by atoms with van der Waals surface area (Å²) in [5.41, 5.74) is 1.50. The summed E-state index contributed by atoms with van der Waals surface area (Å²) >= 11 is 5.93. The molecule has 0 saturated carbocycles. The summed E-state index contributed by atoms with van der Waals surface area (Å²) in [5, 5.41) is 6.58. The monoisotopic (exact) mass is 366 g/mol. The zero-order valence-corrected chi connectivity index (χ0v) is 15.0. The van der Waals surface area contributed by atoms with E-state index in [0.717, 1.165) is 17.2 Å². The number of para-hydroxylation sites is 1. The van der Waals surface area contributed by atoms with Crippen molar-refractivity contribution in [3.8, 4) is 11.5 Å². The lowest BCUT2D eigenvalue weighted by molar-refractivity contribution is -0.116. The van der Waals surface area contributed by atoms with Crippen LogP contribution in [-0.4, -0.2) is 11.9 Å². The molecule has 26 heavy (non-hydrogen) atoms. The van der Waals surface area contributed by atoms with E-state index in [-0.39, 0.29) is 5.91 Å². The molecule has 5 heteroatoms. The van der Waals surface area contributed by atoms with Crippen molar-refractivity contribution in [3.63, 3.8) is 0 Å². The van der Waals surface area contributed by atoms with Crippen molar-refractivity contribution in [1.82, 2.24) is 0 Å². The maximum Gasteiger partial charge on any atom is 0.246 e. The van der Waals surface area contributed by atoms with Gasteiger partial charge in [-0.2, -0.15) is 0 Å². The first kappa shape index (κ1) is 17.8. The summed E-state index contributed by atoms with van der Waals surface area (Å²) in [6.07, 6.45) is 0. The molecule has 1 amide bonds. The lowest BCUT2D eigenvalue weighted by Gasteiger charge is -2.16. The molecule has 3 aromatic carbocycles. The SMILES string of the molecule is C[C@H](Nc1ccc(Oc2ccccc2)cc1)C(=O)Nc1cccc(Cl)c1. The molecule has 0 unspecified atom stereocenters. The third kappa shape index (κ3) is 5.01. The number of ether oxygens (including phenoxy) is 1. The zero-order chi connectivity index (χ0) is 18.4. The van der Waals surface area contributed by atoms with Crippen LogP contribution in [0, 0.1) is 0 Å². The Balaban J connectivity index is 1.57. The van der Waals surface area contributed by atoms with Crippen LogP contribution in [0.2, 0.25) is 5.02 Å². The smallest absolute Gasteiger partial charge is 0.246 e. The molecule has 3 aromatic rings. The van der Waals surface area contributed by atoms with Crippen molar-refractivity contribution in [2.75, 3.05) is 10.6 Å². The van der Waals surface area contributed by atoms with Crippen molar-refractivity contribution in [2.24, 2.45) is 0 Å². The first-order valence-electron chi connectivity index (χ1n) is 8.26. The Hall–Kier alpha value is -2.98. The van der Waals surface area contributed by atoms with E-state index in [0.29, 0.717) is 10.7 Å². The number of anilines is 2. The number of halogens is 1. The maximum atomic E-state index is 12.3. The highest BCUT2D eigenvalue weighted by molar-refractivity contribution is 6.30. The van der Waals surface area contributed by atoms with E-state index < -0.39 is 6.04 Å². The molecule has 0 radical (unpaired) electrons. The Kier molecular flexibility index (Phi) is 5.77. The molecule has 0 spiro atoms. The highest BCUT2D eigenvalue weighted by atomic mass is 35.5. The first-order valence-corrected chi connectivity index (χ1v) is 8.64. The highest BCUT2D eigenvalue weighted by Crippen LogP contribution is 2.23. The van der Waals surface area contributed by atoms with E-state index in [1.807, 2.05) is 54.6 Å². The van der Waals surface area contributed by atoms with Gasteiger partial charge in [0.05, 0.1) is 0 Å². The van der Waals surface area contributed by atoms with Gasteiger partial charge in [-0.3, -0.25) is 4.79 Å². The lowest BCUT2D eigenvalue weighted by Crippen LogP contribution is -2.31. The van der Waals surface area contributed by atoms with Crippen LogP contribution in [0.3, 0.4) is 0 Å². The molecule has 0 aliphatic rings. The van der Waals surface area contributed by atoms with Crippen LogP contribution < -0.4 is 15.4 Å². The van der Waals surface area contributed by atoms with Crippen molar-refractivity contribution in [1.29, 1.82) is 0 Å². The molecule has 0 heterocycles. The molecule has 0 aromatic heterocycles. The van der Waals surface area contributed by atoms with E-state index in [9.17, 15) is 4.79 Å².